The zero-order valence-corrected chi connectivity index (χ0v) is 17.6. The summed E-state index contributed by atoms with van der Waals surface area (Å²) in [6, 6.07) is 24.3. The molecule has 0 fully saturated rings. The quantitative estimate of drug-likeness (QED) is 0.418. The molecule has 1 aliphatic rings. The highest BCUT2D eigenvalue weighted by atomic mass is 16.6. The molecule has 4 aromatic rings. The first-order valence-corrected chi connectivity index (χ1v) is 10.1. The summed E-state index contributed by atoms with van der Waals surface area (Å²) in [7, 11) is 1.62. The summed E-state index contributed by atoms with van der Waals surface area (Å²) in [6.07, 6.45) is 1.46. The van der Waals surface area contributed by atoms with E-state index in [0.29, 0.717) is 17.2 Å². The Kier molecular flexibility index (Phi) is 4.82. The molecule has 1 unspecified atom stereocenters. The zero-order valence-electron chi connectivity index (χ0n) is 17.6. The molecular formula is C26H20N2O4. The van der Waals surface area contributed by atoms with Crippen LogP contribution in [-0.4, -0.2) is 23.0 Å². The lowest BCUT2D eigenvalue weighted by atomic mass is 9.80. The Balaban J connectivity index is 1.59. The average molecular weight is 424 g/mol. The number of hydrogen-bond donors (Lipinski definition) is 0. The molecule has 0 N–H and O–H groups in total. The van der Waals surface area contributed by atoms with E-state index in [-0.39, 0.29) is 5.97 Å². The molecule has 1 aromatic heterocycles. The summed E-state index contributed by atoms with van der Waals surface area (Å²) in [6.45, 7) is 1.88. The summed E-state index contributed by atoms with van der Waals surface area (Å²) in [4.78, 5) is 21.0. The average Bonchev–Trinajstić information content (AvgIpc) is 3.13. The van der Waals surface area contributed by atoms with Gasteiger partial charge in [0.25, 0.3) is 0 Å². The number of carbonyl (C=O) groups excluding carboxylic acids is 1. The number of rotatable bonds is 5. The first-order valence-electron chi connectivity index (χ1n) is 10.1. The molecule has 1 aliphatic heterocycles. The van der Waals surface area contributed by atoms with Crippen LogP contribution in [0.4, 0.5) is 0 Å². The van der Waals surface area contributed by atoms with Crippen LogP contribution in [0.1, 0.15) is 32.7 Å². The Morgan fingerprint density at radius 2 is 1.50 bits per heavy atom. The van der Waals surface area contributed by atoms with E-state index in [2.05, 4.69) is 9.97 Å². The molecule has 5 rings (SSSR count). The summed E-state index contributed by atoms with van der Waals surface area (Å²) >= 11 is 0. The number of fused-ring (bicyclic) bond motifs is 1. The molecule has 0 aliphatic carbocycles. The molecule has 0 saturated carbocycles. The van der Waals surface area contributed by atoms with Crippen molar-refractivity contribution in [2.45, 2.75) is 12.5 Å². The Morgan fingerprint density at radius 1 is 0.844 bits per heavy atom. The van der Waals surface area contributed by atoms with Gasteiger partial charge in [0.1, 0.15) is 17.8 Å². The number of nitrogens with zero attached hydrogens (tertiary/aromatic N) is 2. The number of cyclic esters (lactones) is 1. The lowest BCUT2D eigenvalue weighted by Crippen LogP contribution is -2.29. The third-order valence-corrected chi connectivity index (χ3v) is 5.53. The minimum atomic E-state index is -1.07. The van der Waals surface area contributed by atoms with Crippen molar-refractivity contribution >= 4 is 5.97 Å². The van der Waals surface area contributed by atoms with E-state index in [4.69, 9.17) is 14.2 Å². The molecule has 158 valence electrons. The maximum Gasteiger partial charge on any atom is 0.340 e. The first kappa shape index (κ1) is 19.8. The summed E-state index contributed by atoms with van der Waals surface area (Å²) in [5, 5.41) is 0. The van der Waals surface area contributed by atoms with E-state index in [0.717, 1.165) is 28.1 Å². The smallest absolute Gasteiger partial charge is 0.340 e. The number of esters is 1. The Morgan fingerprint density at radius 3 is 2.16 bits per heavy atom. The van der Waals surface area contributed by atoms with Gasteiger partial charge in [0.15, 0.2) is 5.60 Å². The van der Waals surface area contributed by atoms with Crippen LogP contribution in [0.15, 0.2) is 85.2 Å². The topological polar surface area (TPSA) is 70.5 Å². The van der Waals surface area contributed by atoms with Gasteiger partial charge in [0.2, 0.25) is 5.88 Å². The highest BCUT2D eigenvalue weighted by Crippen LogP contribution is 2.47. The number of ether oxygens (including phenoxy) is 3. The van der Waals surface area contributed by atoms with Crippen molar-refractivity contribution in [2.24, 2.45) is 0 Å². The van der Waals surface area contributed by atoms with Gasteiger partial charge in [-0.25, -0.2) is 14.8 Å². The molecular weight excluding hydrogens is 404 g/mol. The number of methoxy groups -OCH3 is 1. The lowest BCUT2D eigenvalue weighted by Gasteiger charge is -2.30. The minimum absolute atomic E-state index is 0.354. The highest BCUT2D eigenvalue weighted by molar-refractivity contribution is 5.96. The maximum absolute atomic E-state index is 12.8. The van der Waals surface area contributed by atoms with Crippen LogP contribution in [-0.2, 0) is 10.3 Å². The van der Waals surface area contributed by atoms with Crippen LogP contribution in [0.2, 0.25) is 0 Å². The number of benzene rings is 3. The monoisotopic (exact) mass is 424 g/mol. The Bertz CT molecular complexity index is 1290. The van der Waals surface area contributed by atoms with Crippen molar-refractivity contribution in [2.75, 3.05) is 7.11 Å². The van der Waals surface area contributed by atoms with Gasteiger partial charge in [-0.2, -0.15) is 0 Å². The van der Waals surface area contributed by atoms with Crippen molar-refractivity contribution in [3.8, 4) is 17.4 Å². The van der Waals surface area contributed by atoms with Crippen LogP contribution in [0.3, 0.4) is 0 Å². The predicted molar refractivity (Wildman–Crippen MR) is 118 cm³/mol. The summed E-state index contributed by atoms with van der Waals surface area (Å²) in [5.41, 5.74) is 2.75. The minimum Gasteiger partial charge on any atom is -0.497 e. The second-order valence-electron chi connectivity index (χ2n) is 7.47. The molecule has 0 amide bonds. The Labute approximate surface area is 185 Å². The van der Waals surface area contributed by atoms with E-state index >= 15 is 0 Å². The standard InChI is InChI=1S/C26H20N2O4/c1-17-15-24(28-16-27-17)31-21-13-9-19(10-14-21)26(18-7-11-20(30-2)12-8-18)23-6-4-3-5-22(23)25(29)32-26/h3-16H,1-2H3. The maximum atomic E-state index is 12.8. The highest BCUT2D eigenvalue weighted by Gasteiger charge is 2.48. The fourth-order valence-electron chi connectivity index (χ4n) is 4.00. The molecule has 0 saturated heterocycles. The molecule has 3 aromatic carbocycles. The van der Waals surface area contributed by atoms with E-state index in [1.807, 2.05) is 73.7 Å². The van der Waals surface area contributed by atoms with Crippen LogP contribution < -0.4 is 9.47 Å². The van der Waals surface area contributed by atoms with Crippen LogP contribution in [0.5, 0.6) is 17.4 Å². The van der Waals surface area contributed by atoms with Crippen molar-refractivity contribution in [1.29, 1.82) is 0 Å². The van der Waals surface area contributed by atoms with E-state index in [1.54, 1.807) is 19.2 Å². The molecule has 2 heterocycles. The fourth-order valence-corrected chi connectivity index (χ4v) is 4.00. The molecule has 1 atom stereocenters. The van der Waals surface area contributed by atoms with Crippen molar-refractivity contribution in [3.05, 3.63) is 113 Å². The van der Waals surface area contributed by atoms with Gasteiger partial charge in [0.05, 0.1) is 12.7 Å². The van der Waals surface area contributed by atoms with Crippen LogP contribution in [0, 0.1) is 6.92 Å². The molecule has 0 bridgehead atoms. The molecule has 32 heavy (non-hydrogen) atoms. The van der Waals surface area contributed by atoms with E-state index in [9.17, 15) is 4.79 Å². The van der Waals surface area contributed by atoms with Crippen molar-refractivity contribution in [1.82, 2.24) is 9.97 Å². The largest absolute Gasteiger partial charge is 0.497 e. The number of aromatic nitrogens is 2. The van der Waals surface area contributed by atoms with E-state index in [1.165, 1.54) is 6.33 Å². The van der Waals surface area contributed by atoms with Gasteiger partial charge in [-0.15, -0.1) is 0 Å². The van der Waals surface area contributed by atoms with Crippen LogP contribution in [0.25, 0.3) is 0 Å². The number of hydrogen-bond acceptors (Lipinski definition) is 6. The molecule has 0 radical (unpaired) electrons. The number of carbonyl (C=O) groups is 1. The molecule has 6 nitrogen and oxygen atoms in total. The normalized spacial score (nSPS) is 16.9. The van der Waals surface area contributed by atoms with Gasteiger partial charge in [-0.05, 0) is 37.3 Å². The van der Waals surface area contributed by atoms with Gasteiger partial charge in [0, 0.05) is 28.5 Å². The second kappa shape index (κ2) is 7.81. The van der Waals surface area contributed by atoms with Crippen LogP contribution >= 0.6 is 0 Å². The van der Waals surface area contributed by atoms with Gasteiger partial charge in [-0.3, -0.25) is 0 Å². The van der Waals surface area contributed by atoms with Gasteiger partial charge < -0.3 is 14.2 Å². The first-order chi connectivity index (χ1) is 15.6. The van der Waals surface area contributed by atoms with Crippen molar-refractivity contribution in [3.63, 3.8) is 0 Å². The molecule has 6 heteroatoms. The van der Waals surface area contributed by atoms with Gasteiger partial charge >= 0.3 is 5.97 Å². The SMILES string of the molecule is COc1ccc(C2(c3ccc(Oc4cc(C)ncn4)cc3)OC(=O)c3ccccc32)cc1. The third-order valence-electron chi connectivity index (χ3n) is 5.53. The fraction of sp³-hybridized carbons (Fsp3) is 0.115. The third kappa shape index (κ3) is 3.26. The summed E-state index contributed by atoms with van der Waals surface area (Å²) in [5.74, 6) is 1.46. The summed E-state index contributed by atoms with van der Waals surface area (Å²) < 4.78 is 17.3. The van der Waals surface area contributed by atoms with Crippen molar-refractivity contribution < 1.29 is 19.0 Å². The van der Waals surface area contributed by atoms with Gasteiger partial charge in [-0.1, -0.05) is 42.5 Å². The van der Waals surface area contributed by atoms with E-state index < -0.39 is 5.60 Å². The second-order valence-corrected chi connectivity index (χ2v) is 7.47. The molecule has 0 spiro atoms. The zero-order chi connectivity index (χ0) is 22.1. The predicted octanol–water partition coefficient (Wildman–Crippen LogP) is 5.05. The Hall–Kier alpha value is -4.19. The lowest BCUT2D eigenvalue weighted by molar-refractivity contribution is 0.0251. The number of aryl methyl sites for hydroxylation is 1.